The van der Waals surface area contributed by atoms with Crippen molar-refractivity contribution in [2.75, 3.05) is 19.6 Å². The molecular formula is C21H23N3O4. The summed E-state index contributed by atoms with van der Waals surface area (Å²) in [5.41, 5.74) is 2.23. The molecule has 0 bridgehead atoms. The highest BCUT2D eigenvalue weighted by atomic mass is 16.2. The molecule has 28 heavy (non-hydrogen) atoms. The molecule has 2 heterocycles. The van der Waals surface area contributed by atoms with Crippen molar-refractivity contribution < 1.29 is 14.4 Å². The Morgan fingerprint density at radius 3 is 2.32 bits per heavy atom. The van der Waals surface area contributed by atoms with Crippen LogP contribution in [-0.4, -0.2) is 52.0 Å². The number of aromatic nitrogens is 1. The Hall–Kier alpha value is -3.22. The van der Waals surface area contributed by atoms with E-state index in [1.807, 2.05) is 31.2 Å². The van der Waals surface area contributed by atoms with E-state index in [-0.39, 0.29) is 23.8 Å². The van der Waals surface area contributed by atoms with Crippen LogP contribution in [0.15, 0.2) is 35.1 Å². The molecule has 1 saturated heterocycles. The monoisotopic (exact) mass is 381 g/mol. The lowest BCUT2D eigenvalue weighted by Crippen LogP contribution is -2.52. The fourth-order valence-electron chi connectivity index (χ4n) is 3.28. The lowest BCUT2D eigenvalue weighted by molar-refractivity contribution is -0.135. The number of ketones is 1. The van der Waals surface area contributed by atoms with Gasteiger partial charge in [0.15, 0.2) is 5.78 Å². The molecule has 1 N–H and O–H groups in total. The maximum atomic E-state index is 12.8. The van der Waals surface area contributed by atoms with Crippen LogP contribution in [0.2, 0.25) is 0 Å². The Bertz CT molecular complexity index is 992. The van der Waals surface area contributed by atoms with E-state index in [4.69, 9.17) is 0 Å². The van der Waals surface area contributed by atoms with E-state index in [0.29, 0.717) is 30.9 Å². The molecule has 146 valence electrons. The largest absolute Gasteiger partial charge is 0.335 e. The first-order chi connectivity index (χ1) is 13.3. The predicted molar refractivity (Wildman–Crippen MR) is 104 cm³/mol. The molecule has 3 rings (SSSR count). The molecular weight excluding hydrogens is 358 g/mol. The zero-order chi connectivity index (χ0) is 20.4. The average Bonchev–Trinajstić information content (AvgIpc) is 2.64. The van der Waals surface area contributed by atoms with Gasteiger partial charge in [-0.3, -0.25) is 19.2 Å². The second-order valence-electron chi connectivity index (χ2n) is 7.13. The highest BCUT2D eigenvalue weighted by Gasteiger charge is 2.29. The summed E-state index contributed by atoms with van der Waals surface area (Å²) in [6.07, 6.45) is 0. The maximum Gasteiger partial charge on any atom is 0.261 e. The molecule has 1 fully saturated rings. The summed E-state index contributed by atoms with van der Waals surface area (Å²) in [4.78, 5) is 54.8. The van der Waals surface area contributed by atoms with Crippen molar-refractivity contribution in [3.8, 4) is 0 Å². The van der Waals surface area contributed by atoms with Gasteiger partial charge in [0.2, 0.25) is 5.91 Å². The molecule has 1 aromatic heterocycles. The first-order valence-electron chi connectivity index (χ1n) is 9.13. The number of hydrogen-bond donors (Lipinski definition) is 1. The van der Waals surface area contributed by atoms with Gasteiger partial charge in [0.25, 0.3) is 11.5 Å². The van der Waals surface area contributed by atoms with Crippen LogP contribution < -0.4 is 5.56 Å². The summed E-state index contributed by atoms with van der Waals surface area (Å²) >= 11 is 0. The Kier molecular flexibility index (Phi) is 5.44. The number of hydrogen-bond acceptors (Lipinski definition) is 4. The van der Waals surface area contributed by atoms with Gasteiger partial charge in [-0.2, -0.15) is 0 Å². The Morgan fingerprint density at radius 2 is 1.71 bits per heavy atom. The Balaban J connectivity index is 1.73. The Labute approximate surface area is 163 Å². The summed E-state index contributed by atoms with van der Waals surface area (Å²) in [7, 11) is 0. The molecule has 0 atom stereocenters. The van der Waals surface area contributed by atoms with Gasteiger partial charge in [0.1, 0.15) is 12.1 Å². The van der Waals surface area contributed by atoms with Crippen molar-refractivity contribution in [1.82, 2.24) is 14.8 Å². The number of benzene rings is 1. The molecule has 0 saturated carbocycles. The number of rotatable bonds is 4. The molecule has 0 radical (unpaired) electrons. The number of nitrogens with one attached hydrogen (secondary N) is 1. The van der Waals surface area contributed by atoms with E-state index in [9.17, 15) is 19.2 Å². The van der Waals surface area contributed by atoms with Crippen LogP contribution in [0.1, 0.15) is 44.5 Å². The second-order valence-corrected chi connectivity index (χ2v) is 7.13. The van der Waals surface area contributed by atoms with E-state index in [2.05, 4.69) is 4.98 Å². The van der Waals surface area contributed by atoms with Crippen molar-refractivity contribution in [3.05, 3.63) is 68.6 Å². The highest BCUT2D eigenvalue weighted by Crippen LogP contribution is 2.14. The second kappa shape index (κ2) is 7.80. The van der Waals surface area contributed by atoms with Gasteiger partial charge in [-0.1, -0.05) is 29.8 Å². The summed E-state index contributed by atoms with van der Waals surface area (Å²) in [6, 6.07) is 9.28. The van der Waals surface area contributed by atoms with Crippen molar-refractivity contribution in [2.24, 2.45) is 0 Å². The molecule has 0 spiro atoms. The van der Waals surface area contributed by atoms with Crippen LogP contribution in [0.4, 0.5) is 0 Å². The maximum absolute atomic E-state index is 12.8. The predicted octanol–water partition coefficient (Wildman–Crippen LogP) is 1.68. The molecule has 2 amide bonds. The molecule has 0 unspecified atom stereocenters. The molecule has 1 aromatic carbocycles. The molecule has 7 nitrogen and oxygen atoms in total. The quantitative estimate of drug-likeness (QED) is 0.816. The molecule has 2 aromatic rings. The number of aromatic amines is 1. The van der Waals surface area contributed by atoms with Crippen LogP contribution in [0, 0.1) is 13.8 Å². The normalized spacial score (nSPS) is 14.3. The van der Waals surface area contributed by atoms with Crippen LogP contribution in [-0.2, 0) is 11.3 Å². The summed E-state index contributed by atoms with van der Waals surface area (Å²) in [6.45, 7) is 6.11. The molecule has 1 aliphatic heterocycles. The number of Topliss-reactive ketones (excluding diaryl/α,β-unsaturated/α-hetero) is 1. The van der Waals surface area contributed by atoms with Crippen LogP contribution in [0.25, 0.3) is 0 Å². The molecule has 7 heteroatoms. The minimum Gasteiger partial charge on any atom is -0.335 e. The van der Waals surface area contributed by atoms with Crippen molar-refractivity contribution in [3.63, 3.8) is 0 Å². The fraction of sp³-hybridized carbons (Fsp3) is 0.333. The minimum absolute atomic E-state index is 0.0899. The van der Waals surface area contributed by atoms with E-state index in [1.54, 1.807) is 11.8 Å². The third-order valence-corrected chi connectivity index (χ3v) is 4.95. The first-order valence-corrected chi connectivity index (χ1v) is 9.13. The van der Waals surface area contributed by atoms with Gasteiger partial charge >= 0.3 is 0 Å². The number of carbonyl (C=O) groups is 3. The van der Waals surface area contributed by atoms with Crippen molar-refractivity contribution in [2.45, 2.75) is 27.3 Å². The first kappa shape index (κ1) is 19.5. The molecule has 0 aliphatic carbocycles. The van der Waals surface area contributed by atoms with Crippen molar-refractivity contribution in [1.29, 1.82) is 0 Å². The lowest BCUT2D eigenvalue weighted by Gasteiger charge is -2.34. The zero-order valence-corrected chi connectivity index (χ0v) is 16.2. The van der Waals surface area contributed by atoms with Crippen molar-refractivity contribution >= 4 is 17.6 Å². The van der Waals surface area contributed by atoms with Gasteiger partial charge in [-0.15, -0.1) is 0 Å². The third kappa shape index (κ3) is 4.03. The van der Waals surface area contributed by atoms with Crippen LogP contribution >= 0.6 is 0 Å². The van der Waals surface area contributed by atoms with E-state index in [1.165, 1.54) is 17.9 Å². The average molecular weight is 381 g/mol. The van der Waals surface area contributed by atoms with E-state index < -0.39 is 11.5 Å². The fourth-order valence-corrected chi connectivity index (χ4v) is 3.28. The Morgan fingerprint density at radius 1 is 1.04 bits per heavy atom. The van der Waals surface area contributed by atoms with Gasteiger partial charge in [-0.05, 0) is 32.4 Å². The van der Waals surface area contributed by atoms with E-state index in [0.717, 1.165) is 11.1 Å². The van der Waals surface area contributed by atoms with Crippen LogP contribution in [0.5, 0.6) is 0 Å². The van der Waals surface area contributed by atoms with Crippen LogP contribution in [0.3, 0.4) is 0 Å². The number of piperazine rings is 1. The summed E-state index contributed by atoms with van der Waals surface area (Å²) in [5, 5.41) is 0. The number of carbonyl (C=O) groups excluding carboxylic acids is 3. The van der Waals surface area contributed by atoms with Gasteiger partial charge in [-0.25, -0.2) is 0 Å². The zero-order valence-electron chi connectivity index (χ0n) is 16.2. The number of nitrogens with zero attached hydrogens (tertiary/aromatic N) is 2. The van der Waals surface area contributed by atoms with Gasteiger partial charge in [0, 0.05) is 30.9 Å². The van der Waals surface area contributed by atoms with Gasteiger partial charge < -0.3 is 14.8 Å². The van der Waals surface area contributed by atoms with Gasteiger partial charge in [0.05, 0.1) is 0 Å². The standard InChI is InChI=1S/C21H23N3O4/c1-13-4-6-16(7-5-13)11-23-8-9-24(12-19(23)26)21(28)18-10-17(15(3)25)14(2)22-20(18)27/h4-7,10H,8-9,11-12H2,1-3H3,(H,22,27). The highest BCUT2D eigenvalue weighted by molar-refractivity contribution is 6.01. The van der Waals surface area contributed by atoms with E-state index >= 15 is 0 Å². The summed E-state index contributed by atoms with van der Waals surface area (Å²) < 4.78 is 0. The topological polar surface area (TPSA) is 90.6 Å². The SMILES string of the molecule is CC(=O)c1cc(C(=O)N2CCN(Cc3ccc(C)cc3)C(=O)C2)c(=O)[nH]c1C. The number of amides is 2. The third-order valence-electron chi connectivity index (χ3n) is 4.95. The minimum atomic E-state index is -0.554. The lowest BCUT2D eigenvalue weighted by atomic mass is 10.1. The number of pyridine rings is 1. The number of aryl methyl sites for hydroxylation is 2. The number of H-pyrrole nitrogens is 1. The smallest absolute Gasteiger partial charge is 0.261 e. The summed E-state index contributed by atoms with van der Waals surface area (Å²) in [5.74, 6) is -0.940. The molecule has 1 aliphatic rings.